The number of rotatable bonds is 6. The van der Waals surface area contributed by atoms with E-state index in [1.807, 2.05) is 37.3 Å². The molecule has 0 aromatic carbocycles. The Morgan fingerprint density at radius 2 is 2.33 bits per heavy atom. The highest BCUT2D eigenvalue weighted by atomic mass is 35.5. The minimum atomic E-state index is -0.313. The molecule has 0 bridgehead atoms. The second-order valence-electron chi connectivity index (χ2n) is 4.75. The van der Waals surface area contributed by atoms with Crippen LogP contribution in [0.1, 0.15) is 26.7 Å². The first kappa shape index (κ1) is 17.6. The van der Waals surface area contributed by atoms with Gasteiger partial charge >= 0.3 is 5.97 Å². The number of carbonyl (C=O) groups excluding carboxylic acids is 1. The van der Waals surface area contributed by atoms with E-state index in [0.717, 1.165) is 0 Å². The number of carbonyl (C=O) groups is 1. The first-order chi connectivity index (χ1) is 10.1. The van der Waals surface area contributed by atoms with Crippen molar-refractivity contribution in [1.29, 1.82) is 0 Å². The monoisotopic (exact) mass is 308 g/mol. The molecule has 0 spiro atoms. The van der Waals surface area contributed by atoms with Crippen LogP contribution in [0.15, 0.2) is 36.5 Å². The molecule has 1 heterocycles. The molecule has 114 valence electrons. The molecule has 0 radical (unpaired) electrons. The van der Waals surface area contributed by atoms with E-state index in [2.05, 4.69) is 5.92 Å². The van der Waals surface area contributed by atoms with Crippen LogP contribution in [0.5, 0.6) is 0 Å². The molecule has 1 fully saturated rings. The van der Waals surface area contributed by atoms with Gasteiger partial charge < -0.3 is 9.47 Å². The lowest BCUT2D eigenvalue weighted by molar-refractivity contribution is -0.147. The molecule has 3 nitrogen and oxygen atoms in total. The second-order valence-corrected chi connectivity index (χ2v) is 5.31. The summed E-state index contributed by atoms with van der Waals surface area (Å²) in [5, 5.41) is -0.201. The van der Waals surface area contributed by atoms with Crippen LogP contribution in [0.2, 0.25) is 0 Å². The lowest BCUT2D eigenvalue weighted by atomic mass is 10.1. The van der Waals surface area contributed by atoms with Gasteiger partial charge in [0.2, 0.25) is 0 Å². The summed E-state index contributed by atoms with van der Waals surface area (Å²) >= 11 is 6.33. The van der Waals surface area contributed by atoms with Crippen molar-refractivity contribution >= 4 is 17.6 Å². The number of alkyl halides is 1. The first-order valence-electron chi connectivity index (χ1n) is 6.95. The Kier molecular flexibility index (Phi) is 7.89. The van der Waals surface area contributed by atoms with Gasteiger partial charge in [0.05, 0.1) is 11.5 Å². The molecule has 1 aliphatic heterocycles. The lowest BCUT2D eigenvalue weighted by Crippen LogP contribution is -2.24. The molecule has 4 atom stereocenters. The summed E-state index contributed by atoms with van der Waals surface area (Å²) in [6.07, 6.45) is 16.7. The van der Waals surface area contributed by atoms with Crippen LogP contribution < -0.4 is 0 Å². The van der Waals surface area contributed by atoms with E-state index < -0.39 is 0 Å². The van der Waals surface area contributed by atoms with Gasteiger partial charge in [0.15, 0.2) is 0 Å². The Balaban J connectivity index is 2.67. The topological polar surface area (TPSA) is 35.5 Å². The number of halogens is 1. The zero-order valence-corrected chi connectivity index (χ0v) is 13.1. The van der Waals surface area contributed by atoms with E-state index in [0.29, 0.717) is 12.8 Å². The summed E-state index contributed by atoms with van der Waals surface area (Å²) in [6, 6.07) is 0. The zero-order chi connectivity index (χ0) is 15.7. The summed E-state index contributed by atoms with van der Waals surface area (Å²) in [6.45, 7) is 3.33. The van der Waals surface area contributed by atoms with Crippen LogP contribution in [-0.4, -0.2) is 29.7 Å². The lowest BCUT2D eigenvalue weighted by Gasteiger charge is -2.15. The largest absolute Gasteiger partial charge is 0.459 e. The third-order valence-corrected chi connectivity index (χ3v) is 3.52. The van der Waals surface area contributed by atoms with Crippen molar-refractivity contribution in [2.75, 3.05) is 0 Å². The molecule has 0 aromatic rings. The SMILES string of the molecule is C#CC=CCC(Cl)C1CC(OC(C)=O)C(C=CC=CC)O1. The van der Waals surface area contributed by atoms with Crippen LogP contribution in [0.4, 0.5) is 0 Å². The second kappa shape index (κ2) is 9.44. The highest BCUT2D eigenvalue weighted by molar-refractivity contribution is 6.21. The van der Waals surface area contributed by atoms with Gasteiger partial charge in [-0.1, -0.05) is 36.3 Å². The Labute approximate surface area is 131 Å². The van der Waals surface area contributed by atoms with E-state index in [1.165, 1.54) is 6.92 Å². The average molecular weight is 309 g/mol. The summed E-state index contributed by atoms with van der Waals surface area (Å²) in [5.41, 5.74) is 0. The quantitative estimate of drug-likeness (QED) is 0.326. The predicted molar refractivity (Wildman–Crippen MR) is 85.0 cm³/mol. The molecule has 1 saturated heterocycles. The highest BCUT2D eigenvalue weighted by Gasteiger charge is 2.38. The predicted octanol–water partition coefficient (Wildman–Crippen LogP) is 3.39. The first-order valence-corrected chi connectivity index (χ1v) is 7.39. The normalized spacial score (nSPS) is 27.4. The fourth-order valence-corrected chi connectivity index (χ4v) is 2.41. The molecule has 4 heteroatoms. The standard InChI is InChI=1S/C17H21ClO3/c1-4-6-8-10-14(18)16-12-17(20-13(3)19)15(21-16)11-9-7-5-2/h1,5-9,11,14-17H,10,12H2,2-3H3. The van der Waals surface area contributed by atoms with Crippen molar-refractivity contribution < 1.29 is 14.3 Å². The van der Waals surface area contributed by atoms with Gasteiger partial charge in [-0.2, -0.15) is 0 Å². The molecule has 1 rings (SSSR count). The van der Waals surface area contributed by atoms with Gasteiger partial charge in [-0.25, -0.2) is 0 Å². The van der Waals surface area contributed by atoms with E-state index >= 15 is 0 Å². The molecule has 0 N–H and O–H groups in total. The number of ether oxygens (including phenoxy) is 2. The van der Waals surface area contributed by atoms with Gasteiger partial charge in [-0.05, 0) is 19.4 Å². The molecule has 21 heavy (non-hydrogen) atoms. The van der Waals surface area contributed by atoms with Crippen molar-refractivity contribution in [3.8, 4) is 12.3 Å². The van der Waals surface area contributed by atoms with Crippen molar-refractivity contribution in [2.24, 2.45) is 0 Å². The summed E-state index contributed by atoms with van der Waals surface area (Å²) in [4.78, 5) is 11.2. The number of allylic oxidation sites excluding steroid dienone is 5. The summed E-state index contributed by atoms with van der Waals surface area (Å²) in [7, 11) is 0. The molecule has 0 saturated carbocycles. The smallest absolute Gasteiger partial charge is 0.303 e. The van der Waals surface area contributed by atoms with E-state index in [-0.39, 0.29) is 29.7 Å². The maximum absolute atomic E-state index is 11.2. The molecule has 0 amide bonds. The fourth-order valence-electron chi connectivity index (χ4n) is 2.14. The van der Waals surface area contributed by atoms with Crippen LogP contribution in [-0.2, 0) is 14.3 Å². The minimum Gasteiger partial charge on any atom is -0.459 e. The minimum absolute atomic E-state index is 0.168. The van der Waals surface area contributed by atoms with Crippen LogP contribution in [0.3, 0.4) is 0 Å². The van der Waals surface area contributed by atoms with Crippen molar-refractivity contribution in [2.45, 2.75) is 50.4 Å². The molecule has 0 aliphatic carbocycles. The van der Waals surface area contributed by atoms with Crippen molar-refractivity contribution in [3.63, 3.8) is 0 Å². The number of hydrogen-bond acceptors (Lipinski definition) is 3. The molecule has 0 aromatic heterocycles. The molecule has 4 unspecified atom stereocenters. The Hall–Kier alpha value is -1.50. The van der Waals surface area contributed by atoms with Gasteiger partial charge in [0, 0.05) is 13.3 Å². The fraction of sp³-hybridized carbons (Fsp3) is 0.471. The summed E-state index contributed by atoms with van der Waals surface area (Å²) in [5.74, 6) is 2.11. The molecular formula is C17H21ClO3. The molecule has 1 aliphatic rings. The third-order valence-electron chi connectivity index (χ3n) is 3.06. The van der Waals surface area contributed by atoms with Gasteiger partial charge in [0.25, 0.3) is 0 Å². The maximum atomic E-state index is 11.2. The van der Waals surface area contributed by atoms with E-state index in [1.54, 1.807) is 6.08 Å². The van der Waals surface area contributed by atoms with Crippen LogP contribution in [0.25, 0.3) is 0 Å². The average Bonchev–Trinajstić information content (AvgIpc) is 2.82. The number of esters is 1. The zero-order valence-electron chi connectivity index (χ0n) is 12.4. The Morgan fingerprint density at radius 3 is 2.95 bits per heavy atom. The van der Waals surface area contributed by atoms with Gasteiger partial charge in [0.1, 0.15) is 12.2 Å². The summed E-state index contributed by atoms with van der Waals surface area (Å²) < 4.78 is 11.2. The van der Waals surface area contributed by atoms with E-state index in [9.17, 15) is 4.79 Å². The van der Waals surface area contributed by atoms with Gasteiger partial charge in [-0.3, -0.25) is 4.79 Å². The Morgan fingerprint density at radius 1 is 1.57 bits per heavy atom. The van der Waals surface area contributed by atoms with Crippen molar-refractivity contribution in [3.05, 3.63) is 36.5 Å². The maximum Gasteiger partial charge on any atom is 0.303 e. The number of hydrogen-bond donors (Lipinski definition) is 0. The van der Waals surface area contributed by atoms with Crippen LogP contribution >= 0.6 is 11.6 Å². The van der Waals surface area contributed by atoms with Crippen LogP contribution in [0, 0.1) is 12.3 Å². The molecular weight excluding hydrogens is 288 g/mol. The number of terminal acetylenes is 1. The van der Waals surface area contributed by atoms with Gasteiger partial charge in [-0.15, -0.1) is 18.0 Å². The van der Waals surface area contributed by atoms with Crippen molar-refractivity contribution in [1.82, 2.24) is 0 Å². The van der Waals surface area contributed by atoms with E-state index in [4.69, 9.17) is 27.5 Å². The third kappa shape index (κ3) is 6.20. The Bertz CT molecular complexity index is 459. The highest BCUT2D eigenvalue weighted by Crippen LogP contribution is 2.30.